The van der Waals surface area contributed by atoms with Crippen LogP contribution in [0.4, 0.5) is 27.7 Å². The Morgan fingerprint density at radius 3 is 2.38 bits per heavy atom. The molecule has 20 nitrogen and oxygen atoms in total. The minimum absolute atomic E-state index is 0.00446. The van der Waals surface area contributed by atoms with Gasteiger partial charge in [0.25, 0.3) is 21.8 Å². The molecule has 23 heteroatoms. The number of unbranched alkanes of at least 4 members (excludes halogenated alkanes) is 3. The average molecular weight is 1050 g/mol. The lowest BCUT2D eigenvalue weighted by atomic mass is 9.81. The number of esters is 1. The summed E-state index contributed by atoms with van der Waals surface area (Å²) in [5, 5.41) is 10.1. The van der Waals surface area contributed by atoms with Crippen LogP contribution in [-0.4, -0.2) is 99.4 Å². The minimum Gasteiger partial charge on any atom is -0.744 e. The molecular weight excluding hydrogens is 996 g/mol. The molecule has 2 aliphatic rings. The second kappa shape index (κ2) is 21.1. The van der Waals surface area contributed by atoms with Crippen LogP contribution in [0.25, 0.3) is 17.4 Å². The Balaban J connectivity index is 0.809. The summed E-state index contributed by atoms with van der Waals surface area (Å²) in [6, 6.07) is 15.9. The molecule has 0 atom stereocenters. The number of carbonyl (C=O) groups is 2. The van der Waals surface area contributed by atoms with Crippen molar-refractivity contribution in [3.63, 3.8) is 0 Å². The first-order valence-electron chi connectivity index (χ1n) is 23.7. The summed E-state index contributed by atoms with van der Waals surface area (Å²) in [6.07, 6.45) is 13.8. The molecule has 5 N–H and O–H groups in total. The highest BCUT2D eigenvalue weighted by molar-refractivity contribution is 7.86. The van der Waals surface area contributed by atoms with Crippen molar-refractivity contribution in [1.82, 2.24) is 29.9 Å². The molecule has 0 radical (unpaired) electrons. The van der Waals surface area contributed by atoms with Crippen molar-refractivity contribution in [2.75, 3.05) is 42.6 Å². The Labute approximate surface area is 427 Å². The molecule has 0 saturated carbocycles. The molecule has 0 saturated heterocycles. The second-order valence-corrected chi connectivity index (χ2v) is 21.6. The topological polar surface area (TPSA) is 280 Å². The van der Waals surface area contributed by atoms with E-state index in [2.05, 4.69) is 35.6 Å². The van der Waals surface area contributed by atoms with Gasteiger partial charge in [-0.05, 0) is 112 Å². The van der Waals surface area contributed by atoms with Gasteiger partial charge >= 0.3 is 5.97 Å². The Hall–Kier alpha value is -7.60. The number of nitrogen functional groups attached to an aromatic ring is 1. The number of fused-ring (bicyclic) bond motifs is 3. The van der Waals surface area contributed by atoms with Crippen LogP contribution in [0.3, 0.4) is 0 Å². The number of halogens is 1. The summed E-state index contributed by atoms with van der Waals surface area (Å²) in [4.78, 5) is 40.1. The Morgan fingerprint density at radius 1 is 0.892 bits per heavy atom. The summed E-state index contributed by atoms with van der Waals surface area (Å²) >= 11 is 0. The number of rotatable bonds is 20. The lowest BCUT2D eigenvalue weighted by molar-refractivity contribution is -0.401. The third-order valence-electron chi connectivity index (χ3n) is 13.0. The Morgan fingerprint density at radius 2 is 1.65 bits per heavy atom. The van der Waals surface area contributed by atoms with E-state index in [-0.39, 0.29) is 45.2 Å². The minimum atomic E-state index is -4.63. The Kier molecular flexibility index (Phi) is 15.0. The summed E-state index contributed by atoms with van der Waals surface area (Å²) in [6.45, 7) is 9.09. The van der Waals surface area contributed by atoms with E-state index in [0.29, 0.717) is 74.4 Å². The van der Waals surface area contributed by atoms with E-state index in [1.54, 1.807) is 24.3 Å². The molecule has 2 aliphatic heterocycles. The number of ether oxygens (including phenoxy) is 1. The summed E-state index contributed by atoms with van der Waals surface area (Å²) in [5.41, 5.74) is 9.51. The molecule has 1 amide bonds. The van der Waals surface area contributed by atoms with Crippen molar-refractivity contribution in [2.45, 2.75) is 86.8 Å². The molecule has 5 heterocycles. The van der Waals surface area contributed by atoms with E-state index >= 15 is 4.39 Å². The highest BCUT2D eigenvalue weighted by Crippen LogP contribution is 2.49. The number of carbonyl (C=O) groups excluding carboxylic acids is 2. The Bertz CT molecular complexity index is 3510. The summed E-state index contributed by atoms with van der Waals surface area (Å²) in [5.74, 6) is -0.914. The number of benzene rings is 3. The molecule has 6 aromatic rings. The van der Waals surface area contributed by atoms with Crippen molar-refractivity contribution in [3.8, 4) is 17.3 Å². The fraction of sp³-hybridized carbons (Fsp3) is 0.314. The van der Waals surface area contributed by atoms with E-state index < -0.39 is 48.8 Å². The van der Waals surface area contributed by atoms with Crippen molar-refractivity contribution < 1.29 is 53.7 Å². The smallest absolute Gasteiger partial charge is 0.311 e. The van der Waals surface area contributed by atoms with Crippen LogP contribution in [0.2, 0.25) is 0 Å². The SMILES string of the molecule is C[N+]1=C(/C=C/C=C/C=C2N(CCCCCC(=O)Oc3ccc(C(=O)NCCCCNc4nc(N)n5nc(-c6ccco6)nc5n4)cc3F)c3ccc(S(=O)(=O)O)cc3C2(C)C)C(C)(C)c2cc(S(=O)(=O)[O-])ccc21. The van der Waals surface area contributed by atoms with Gasteiger partial charge in [0.05, 0.1) is 21.5 Å². The predicted molar refractivity (Wildman–Crippen MR) is 273 cm³/mol. The van der Waals surface area contributed by atoms with Crippen molar-refractivity contribution in [1.29, 1.82) is 0 Å². The zero-order valence-electron chi connectivity index (χ0n) is 41.2. The number of amides is 1. The van der Waals surface area contributed by atoms with Crippen LogP contribution in [0.1, 0.15) is 87.7 Å². The average Bonchev–Trinajstić information content (AvgIpc) is 4.12. The standard InChI is InChI=1S/C51H55FN10O10S2/c1-50(2)35-30-33(73(65,66)67)20-22-38(35)60(5)42(50)16-8-6-9-17-43-51(3,4)36-31-34(74(68,69)70)21-23-39(36)61(43)27-13-7-10-18-44(63)72-40-24-19-32(29-37(40)52)46(64)54-25-11-12-26-55-48-57-47(53)62-49(58-48)56-45(59-62)41-15-14-28-71-41/h6,8-9,14-17,19-24,28-31H,7,10-13,18,25-27H2,1-5H3,(H5-,53,54,55,56,57,58,59,64,65,66,67,68,69,70). The van der Waals surface area contributed by atoms with Gasteiger partial charge in [-0.2, -0.15) is 32.5 Å². The van der Waals surface area contributed by atoms with E-state index in [4.69, 9.17) is 14.9 Å². The molecule has 3 aromatic carbocycles. The first-order valence-corrected chi connectivity index (χ1v) is 26.5. The van der Waals surface area contributed by atoms with Crippen LogP contribution in [0, 0.1) is 5.82 Å². The zero-order chi connectivity index (χ0) is 53.2. The number of furan rings is 1. The summed E-state index contributed by atoms with van der Waals surface area (Å²) < 4.78 is 98.5. The first kappa shape index (κ1) is 52.7. The fourth-order valence-corrected chi connectivity index (χ4v) is 10.2. The van der Waals surface area contributed by atoms with Gasteiger partial charge in [0.15, 0.2) is 23.0 Å². The molecule has 0 spiro atoms. The van der Waals surface area contributed by atoms with Crippen LogP contribution in [-0.2, 0) is 35.9 Å². The largest absolute Gasteiger partial charge is 0.744 e. The lowest BCUT2D eigenvalue weighted by Crippen LogP contribution is -2.27. The van der Waals surface area contributed by atoms with E-state index in [1.165, 1.54) is 47.2 Å². The lowest BCUT2D eigenvalue weighted by Gasteiger charge is -2.27. The van der Waals surface area contributed by atoms with Gasteiger partial charge < -0.3 is 35.0 Å². The van der Waals surface area contributed by atoms with Crippen LogP contribution in [0.15, 0.2) is 123 Å². The molecule has 74 heavy (non-hydrogen) atoms. The molecule has 0 unspecified atom stereocenters. The monoisotopic (exact) mass is 1050 g/mol. The molecule has 0 fully saturated rings. The molecule has 3 aromatic heterocycles. The molecule has 0 bridgehead atoms. The van der Waals surface area contributed by atoms with Gasteiger partial charge in [0, 0.05) is 66.1 Å². The van der Waals surface area contributed by atoms with E-state index in [0.717, 1.165) is 28.8 Å². The second-order valence-electron chi connectivity index (χ2n) is 18.8. The molecule has 0 aliphatic carbocycles. The number of hydrogen-bond acceptors (Lipinski definition) is 16. The highest BCUT2D eigenvalue weighted by Gasteiger charge is 2.43. The normalized spacial score (nSPS) is 15.7. The van der Waals surface area contributed by atoms with Crippen molar-refractivity contribution in [2.24, 2.45) is 0 Å². The predicted octanol–water partition coefficient (Wildman–Crippen LogP) is 7.24. The van der Waals surface area contributed by atoms with E-state index in [9.17, 15) is 35.5 Å². The third kappa shape index (κ3) is 11.3. The van der Waals surface area contributed by atoms with Crippen LogP contribution >= 0.6 is 0 Å². The van der Waals surface area contributed by atoms with Gasteiger partial charge in [-0.25, -0.2) is 12.8 Å². The van der Waals surface area contributed by atoms with Gasteiger partial charge in [-0.15, -0.1) is 5.10 Å². The maximum Gasteiger partial charge on any atom is 0.311 e. The van der Waals surface area contributed by atoms with Gasteiger partial charge in [0.1, 0.15) is 17.2 Å². The maximum absolute atomic E-state index is 15.1. The van der Waals surface area contributed by atoms with Crippen LogP contribution < -0.4 is 26.0 Å². The van der Waals surface area contributed by atoms with Gasteiger partial charge in [-0.3, -0.25) is 14.1 Å². The molecule has 388 valence electrons. The van der Waals surface area contributed by atoms with Crippen molar-refractivity contribution in [3.05, 3.63) is 132 Å². The first-order chi connectivity index (χ1) is 35.0. The highest BCUT2D eigenvalue weighted by atomic mass is 32.2. The number of nitrogens with zero attached hydrogens (tertiary/aromatic N) is 7. The summed E-state index contributed by atoms with van der Waals surface area (Å²) in [7, 11) is -7.25. The maximum atomic E-state index is 15.1. The van der Waals surface area contributed by atoms with Gasteiger partial charge in [-0.1, -0.05) is 38.5 Å². The van der Waals surface area contributed by atoms with Crippen molar-refractivity contribution >= 4 is 66.9 Å². The number of nitrogens with one attached hydrogen (secondary N) is 2. The fourth-order valence-electron chi connectivity index (χ4n) is 9.15. The molecule has 8 rings (SSSR count). The molecular formula is C51H55FN10O10S2. The number of hydrogen-bond donors (Lipinski definition) is 4. The number of aromatic nitrogens is 5. The van der Waals surface area contributed by atoms with Crippen LogP contribution in [0.5, 0.6) is 5.75 Å². The number of anilines is 3. The quantitative estimate of drug-likeness (QED) is 0.0146. The number of nitrogens with two attached hydrogens (primary N) is 1. The van der Waals surface area contributed by atoms with Gasteiger partial charge in [0.2, 0.25) is 23.4 Å². The van der Waals surface area contributed by atoms with E-state index in [1.807, 2.05) is 69.7 Å². The number of allylic oxidation sites excluding steroid dienone is 6. The third-order valence-corrected chi connectivity index (χ3v) is 14.7. The zero-order valence-corrected chi connectivity index (χ0v) is 42.8.